The molecule has 0 saturated heterocycles. The maximum atomic E-state index is 13.6. The van der Waals surface area contributed by atoms with Crippen molar-refractivity contribution in [2.45, 2.75) is 26.7 Å². The molecule has 0 radical (unpaired) electrons. The lowest BCUT2D eigenvalue weighted by molar-refractivity contribution is 0.450. The van der Waals surface area contributed by atoms with Gasteiger partial charge in [0.25, 0.3) is 0 Å². The summed E-state index contributed by atoms with van der Waals surface area (Å²) in [5.74, 6) is 0.857. The van der Waals surface area contributed by atoms with Crippen LogP contribution in [0.2, 0.25) is 0 Å². The lowest BCUT2D eigenvalue weighted by Gasteiger charge is -2.11. The maximum Gasteiger partial charge on any atom is 0.227 e. The molecule has 2 aromatic rings. The van der Waals surface area contributed by atoms with Crippen LogP contribution in [0.1, 0.15) is 30.3 Å². The highest BCUT2D eigenvalue weighted by atomic mass is 19.1. The molecule has 0 atom stereocenters. The zero-order chi connectivity index (χ0) is 15.4. The van der Waals surface area contributed by atoms with Gasteiger partial charge in [-0.1, -0.05) is 6.92 Å². The van der Waals surface area contributed by atoms with Crippen LogP contribution in [0.25, 0.3) is 0 Å². The fraction of sp³-hybridized carbons (Fsp3) is 0.267. The van der Waals surface area contributed by atoms with Gasteiger partial charge in [-0.2, -0.15) is 10.2 Å². The molecule has 5 nitrogen and oxygen atoms in total. The van der Waals surface area contributed by atoms with Crippen molar-refractivity contribution >= 4 is 5.82 Å². The first-order valence-electron chi connectivity index (χ1n) is 6.55. The number of nitrogens with zero attached hydrogens (tertiary/aromatic N) is 3. The fourth-order valence-corrected chi connectivity index (χ4v) is 1.75. The number of halogens is 1. The third-order valence-electron chi connectivity index (χ3n) is 2.93. The summed E-state index contributed by atoms with van der Waals surface area (Å²) in [5.41, 5.74) is 6.40. The zero-order valence-electron chi connectivity index (χ0n) is 11.9. The van der Waals surface area contributed by atoms with Gasteiger partial charge in [0.05, 0.1) is 11.1 Å². The molecule has 0 aliphatic rings. The topological polar surface area (TPSA) is 84.8 Å². The Morgan fingerprint density at radius 1 is 1.38 bits per heavy atom. The fourth-order valence-electron chi connectivity index (χ4n) is 1.75. The number of hydrogen-bond acceptors (Lipinski definition) is 5. The summed E-state index contributed by atoms with van der Waals surface area (Å²) in [5, 5.41) is 8.71. The van der Waals surface area contributed by atoms with Crippen molar-refractivity contribution in [1.29, 1.82) is 5.26 Å². The van der Waals surface area contributed by atoms with Crippen LogP contribution < -0.4 is 10.5 Å². The number of anilines is 1. The molecule has 0 aliphatic carbocycles. The summed E-state index contributed by atoms with van der Waals surface area (Å²) in [4.78, 5) is 8.47. The molecule has 2 rings (SSSR count). The van der Waals surface area contributed by atoms with E-state index in [1.54, 1.807) is 13.0 Å². The Labute approximate surface area is 122 Å². The second-order valence-corrected chi connectivity index (χ2v) is 4.56. The minimum Gasteiger partial charge on any atom is -0.438 e. The third kappa shape index (κ3) is 3.26. The van der Waals surface area contributed by atoms with Crippen molar-refractivity contribution < 1.29 is 9.13 Å². The van der Waals surface area contributed by atoms with Gasteiger partial charge in [-0.3, -0.25) is 0 Å². The molecule has 1 aromatic heterocycles. The predicted molar refractivity (Wildman–Crippen MR) is 76.4 cm³/mol. The van der Waals surface area contributed by atoms with E-state index in [2.05, 4.69) is 9.97 Å². The number of hydrogen-bond donors (Lipinski definition) is 1. The Hall–Kier alpha value is -2.68. The lowest BCUT2D eigenvalue weighted by atomic mass is 10.2. The number of benzene rings is 1. The van der Waals surface area contributed by atoms with E-state index in [0.29, 0.717) is 29.5 Å². The van der Waals surface area contributed by atoms with Gasteiger partial charge >= 0.3 is 0 Å². The van der Waals surface area contributed by atoms with Crippen LogP contribution in [0.5, 0.6) is 11.6 Å². The van der Waals surface area contributed by atoms with Crippen LogP contribution in [0.15, 0.2) is 18.2 Å². The Balaban J connectivity index is 2.35. The molecule has 0 spiro atoms. The normalized spacial score (nSPS) is 10.2. The number of nitrogens with two attached hydrogens (primary N) is 1. The molecule has 21 heavy (non-hydrogen) atoms. The van der Waals surface area contributed by atoms with Crippen LogP contribution in [0, 0.1) is 24.1 Å². The molecule has 0 bridgehead atoms. The summed E-state index contributed by atoms with van der Waals surface area (Å²) < 4.78 is 19.1. The number of rotatable bonds is 4. The summed E-state index contributed by atoms with van der Waals surface area (Å²) in [6.45, 7) is 3.75. The Bertz CT molecular complexity index is 710. The summed E-state index contributed by atoms with van der Waals surface area (Å²) >= 11 is 0. The van der Waals surface area contributed by atoms with E-state index in [0.717, 1.165) is 12.5 Å². The molecule has 0 amide bonds. The number of aromatic nitrogens is 2. The maximum absolute atomic E-state index is 13.6. The van der Waals surface area contributed by atoms with Gasteiger partial charge in [-0.15, -0.1) is 0 Å². The van der Waals surface area contributed by atoms with Crippen molar-refractivity contribution in [3.63, 3.8) is 0 Å². The van der Waals surface area contributed by atoms with E-state index in [1.165, 1.54) is 12.1 Å². The van der Waals surface area contributed by atoms with E-state index < -0.39 is 5.82 Å². The minimum absolute atomic E-state index is 0.0343. The Morgan fingerprint density at radius 3 is 2.76 bits per heavy atom. The Kier molecular flexibility index (Phi) is 4.33. The van der Waals surface area contributed by atoms with Crippen molar-refractivity contribution in [2.24, 2.45) is 0 Å². The van der Waals surface area contributed by atoms with Crippen LogP contribution in [-0.2, 0) is 6.42 Å². The summed E-state index contributed by atoms with van der Waals surface area (Å²) in [6.07, 6.45) is 1.57. The van der Waals surface area contributed by atoms with Gasteiger partial charge in [0, 0.05) is 12.5 Å². The van der Waals surface area contributed by atoms with Gasteiger partial charge in [0.2, 0.25) is 5.88 Å². The van der Waals surface area contributed by atoms with Crippen LogP contribution >= 0.6 is 0 Å². The van der Waals surface area contributed by atoms with Crippen LogP contribution in [-0.4, -0.2) is 9.97 Å². The molecule has 2 N–H and O–H groups in total. The molecule has 1 heterocycles. The molecule has 1 aromatic carbocycles. The summed E-state index contributed by atoms with van der Waals surface area (Å²) in [7, 11) is 0. The van der Waals surface area contributed by atoms with Crippen molar-refractivity contribution in [1.82, 2.24) is 9.97 Å². The second kappa shape index (κ2) is 6.18. The van der Waals surface area contributed by atoms with E-state index in [4.69, 9.17) is 15.7 Å². The van der Waals surface area contributed by atoms with E-state index in [9.17, 15) is 4.39 Å². The quantitative estimate of drug-likeness (QED) is 0.933. The van der Waals surface area contributed by atoms with Crippen molar-refractivity contribution in [2.75, 3.05) is 5.73 Å². The monoisotopic (exact) mass is 286 g/mol. The molecule has 0 fully saturated rings. The third-order valence-corrected chi connectivity index (χ3v) is 2.93. The van der Waals surface area contributed by atoms with Gasteiger partial charge < -0.3 is 10.5 Å². The molecule has 0 saturated carbocycles. The van der Waals surface area contributed by atoms with Crippen LogP contribution in [0.3, 0.4) is 0 Å². The van der Waals surface area contributed by atoms with Crippen LogP contribution in [0.4, 0.5) is 10.2 Å². The number of aryl methyl sites for hydroxylation is 1. The molecule has 0 aliphatic heterocycles. The number of ether oxygens (including phenoxy) is 1. The highest BCUT2D eigenvalue weighted by Crippen LogP contribution is 2.27. The molecule has 0 unspecified atom stereocenters. The largest absolute Gasteiger partial charge is 0.438 e. The van der Waals surface area contributed by atoms with Gasteiger partial charge in [0.15, 0.2) is 0 Å². The highest BCUT2D eigenvalue weighted by molar-refractivity contribution is 5.46. The smallest absolute Gasteiger partial charge is 0.227 e. The first-order chi connectivity index (χ1) is 10.0. The molecular formula is C15H15FN4O. The standard InChI is InChI=1S/C15H15FN4O/c1-3-4-13-19-14(18)9(2)15(20-13)21-11-6-5-10(8-17)12(16)7-11/h5-7H,3-4H2,1-2H3,(H2,18,19,20). The number of nitrogen functional groups attached to an aromatic ring is 1. The minimum atomic E-state index is -0.636. The average molecular weight is 286 g/mol. The summed E-state index contributed by atoms with van der Waals surface area (Å²) in [6, 6.07) is 5.78. The highest BCUT2D eigenvalue weighted by Gasteiger charge is 2.12. The van der Waals surface area contributed by atoms with E-state index >= 15 is 0 Å². The predicted octanol–water partition coefficient (Wildman–Crippen LogP) is 3.12. The van der Waals surface area contributed by atoms with E-state index in [-0.39, 0.29) is 11.3 Å². The molecular weight excluding hydrogens is 271 g/mol. The van der Waals surface area contributed by atoms with Gasteiger partial charge in [-0.25, -0.2) is 9.37 Å². The molecule has 6 heteroatoms. The Morgan fingerprint density at radius 2 is 2.14 bits per heavy atom. The van der Waals surface area contributed by atoms with Crippen molar-refractivity contribution in [3.05, 3.63) is 41.0 Å². The molecule has 108 valence electrons. The second-order valence-electron chi connectivity index (χ2n) is 4.56. The number of nitriles is 1. The zero-order valence-corrected chi connectivity index (χ0v) is 11.9. The van der Waals surface area contributed by atoms with E-state index in [1.807, 2.05) is 6.92 Å². The van der Waals surface area contributed by atoms with Gasteiger partial charge in [0.1, 0.15) is 29.3 Å². The van der Waals surface area contributed by atoms with Gasteiger partial charge in [-0.05, 0) is 25.5 Å². The SMILES string of the molecule is CCCc1nc(N)c(C)c(Oc2ccc(C#N)c(F)c2)n1. The first-order valence-corrected chi connectivity index (χ1v) is 6.55. The van der Waals surface area contributed by atoms with Crippen molar-refractivity contribution in [3.8, 4) is 17.7 Å². The lowest BCUT2D eigenvalue weighted by Crippen LogP contribution is -2.05. The first kappa shape index (κ1) is 14.7. The average Bonchev–Trinajstić information content (AvgIpc) is 2.45.